The Hall–Kier alpha value is -3.88. The molecule has 0 atom stereocenters. The second-order valence-corrected chi connectivity index (χ2v) is 14.9. The summed E-state index contributed by atoms with van der Waals surface area (Å²) in [6.45, 7) is 12.9. The van der Waals surface area contributed by atoms with Crippen molar-refractivity contribution in [2.75, 3.05) is 22.9 Å². The maximum atomic E-state index is 13.9. The third-order valence-electron chi connectivity index (χ3n) is 7.52. The van der Waals surface area contributed by atoms with Crippen LogP contribution in [-0.2, 0) is 10.8 Å². The molecule has 0 spiro atoms. The van der Waals surface area contributed by atoms with Crippen molar-refractivity contribution in [1.29, 1.82) is 0 Å². The number of benzene rings is 4. The highest BCUT2D eigenvalue weighted by molar-refractivity contribution is 7.99. The number of hydrogen-bond acceptors (Lipinski definition) is 8. The number of ketones is 2. The van der Waals surface area contributed by atoms with Gasteiger partial charge in [0.15, 0.2) is 11.6 Å². The average Bonchev–Trinajstić information content (AvgIpc) is 2.90. The van der Waals surface area contributed by atoms with Crippen molar-refractivity contribution in [1.82, 2.24) is 0 Å². The first kappa shape index (κ1) is 29.6. The van der Waals surface area contributed by atoms with E-state index in [4.69, 9.17) is 22.9 Å². The fourth-order valence-corrected chi connectivity index (χ4v) is 6.91. The quantitative estimate of drug-likeness (QED) is 0.155. The SMILES string of the molecule is CC(C)(C)c1ccc(Sc2cc(N)c3c(c2N)C(=O)c2c(N)cc(Sc4ccc(C(C)(C)C)cc4)c(N)c2C3=O)cc1. The number of carbonyl (C=O) groups excluding carboxylic acids is 2. The largest absolute Gasteiger partial charge is 0.398 e. The van der Waals surface area contributed by atoms with Crippen molar-refractivity contribution in [3.05, 3.63) is 94.0 Å². The highest BCUT2D eigenvalue weighted by atomic mass is 32.2. The molecule has 216 valence electrons. The number of anilines is 4. The van der Waals surface area contributed by atoms with Crippen LogP contribution in [0.2, 0.25) is 0 Å². The van der Waals surface area contributed by atoms with Gasteiger partial charge in [0.1, 0.15) is 0 Å². The fourth-order valence-electron chi connectivity index (χ4n) is 5.07. The minimum absolute atomic E-state index is 0.0235. The molecule has 0 fully saturated rings. The standard InChI is InChI=1S/C34H36N4O2S2/c1-33(2,3)17-7-11-19(12-8-17)41-23-15-21(35)25-27(29(23)37)31(39)26-22(36)16-24(30(38)28(26)32(25)40)42-20-13-9-18(10-14-20)34(4,5)6/h7-16H,35-38H2,1-6H3. The van der Waals surface area contributed by atoms with E-state index >= 15 is 0 Å². The summed E-state index contributed by atoms with van der Waals surface area (Å²) < 4.78 is 0. The first-order valence-corrected chi connectivity index (χ1v) is 15.3. The van der Waals surface area contributed by atoms with Gasteiger partial charge in [0.25, 0.3) is 0 Å². The van der Waals surface area contributed by atoms with E-state index in [0.717, 1.165) is 9.79 Å². The van der Waals surface area contributed by atoms with E-state index in [1.807, 2.05) is 24.3 Å². The van der Waals surface area contributed by atoms with Gasteiger partial charge in [0.05, 0.1) is 33.6 Å². The Balaban J connectivity index is 1.53. The van der Waals surface area contributed by atoms with Crippen LogP contribution in [-0.4, -0.2) is 11.6 Å². The molecule has 1 aliphatic carbocycles. The van der Waals surface area contributed by atoms with Crippen LogP contribution in [0.4, 0.5) is 22.7 Å². The molecular weight excluding hydrogens is 561 g/mol. The Bertz CT molecular complexity index is 1620. The number of fused-ring (bicyclic) bond motifs is 2. The van der Waals surface area contributed by atoms with Crippen molar-refractivity contribution in [2.45, 2.75) is 72.0 Å². The number of nitrogen functional groups attached to an aromatic ring is 4. The molecule has 8 N–H and O–H groups in total. The van der Waals surface area contributed by atoms with Crippen molar-refractivity contribution in [3.63, 3.8) is 0 Å². The maximum Gasteiger partial charge on any atom is 0.198 e. The zero-order chi connectivity index (χ0) is 30.7. The molecule has 42 heavy (non-hydrogen) atoms. The number of rotatable bonds is 4. The highest BCUT2D eigenvalue weighted by Gasteiger charge is 2.38. The molecule has 1 aliphatic rings. The monoisotopic (exact) mass is 596 g/mol. The van der Waals surface area contributed by atoms with E-state index in [1.165, 1.54) is 34.7 Å². The molecule has 0 unspecified atom stereocenters. The minimum atomic E-state index is -0.454. The van der Waals surface area contributed by atoms with Crippen molar-refractivity contribution in [2.24, 2.45) is 0 Å². The van der Waals surface area contributed by atoms with E-state index < -0.39 is 11.6 Å². The van der Waals surface area contributed by atoms with Crippen LogP contribution in [0.3, 0.4) is 0 Å². The summed E-state index contributed by atoms with van der Waals surface area (Å²) in [5.41, 5.74) is 29.5. The van der Waals surface area contributed by atoms with E-state index in [1.54, 1.807) is 12.1 Å². The van der Waals surface area contributed by atoms with Crippen LogP contribution < -0.4 is 22.9 Å². The van der Waals surface area contributed by atoms with Crippen molar-refractivity contribution in [3.8, 4) is 0 Å². The van der Waals surface area contributed by atoms with Crippen molar-refractivity contribution >= 4 is 57.8 Å². The second-order valence-electron chi connectivity index (χ2n) is 12.7. The molecule has 0 bridgehead atoms. The van der Waals surface area contributed by atoms with E-state index in [9.17, 15) is 9.59 Å². The molecule has 5 rings (SSSR count). The third-order valence-corrected chi connectivity index (χ3v) is 9.66. The van der Waals surface area contributed by atoms with Gasteiger partial charge in [-0.3, -0.25) is 9.59 Å². The van der Waals surface area contributed by atoms with Crippen LogP contribution in [0.1, 0.15) is 84.5 Å². The van der Waals surface area contributed by atoms with Gasteiger partial charge in [0.2, 0.25) is 0 Å². The topological polar surface area (TPSA) is 138 Å². The summed E-state index contributed by atoms with van der Waals surface area (Å²) in [5, 5.41) is 0. The molecule has 0 heterocycles. The summed E-state index contributed by atoms with van der Waals surface area (Å²) in [6, 6.07) is 19.6. The predicted molar refractivity (Wildman–Crippen MR) is 176 cm³/mol. The number of nitrogens with two attached hydrogens (primary N) is 4. The zero-order valence-corrected chi connectivity index (χ0v) is 26.3. The van der Waals surface area contributed by atoms with E-state index in [0.29, 0.717) is 9.79 Å². The lowest BCUT2D eigenvalue weighted by Crippen LogP contribution is -2.27. The molecular formula is C34H36N4O2S2. The van der Waals surface area contributed by atoms with Gasteiger partial charge in [-0.2, -0.15) is 0 Å². The van der Waals surface area contributed by atoms with Crippen LogP contribution in [0.15, 0.2) is 80.2 Å². The van der Waals surface area contributed by atoms with Gasteiger partial charge in [-0.15, -0.1) is 0 Å². The smallest absolute Gasteiger partial charge is 0.198 e. The summed E-state index contributed by atoms with van der Waals surface area (Å²) in [4.78, 5) is 30.9. The molecule has 0 radical (unpaired) electrons. The lowest BCUT2D eigenvalue weighted by atomic mass is 9.81. The van der Waals surface area contributed by atoms with Crippen LogP contribution >= 0.6 is 23.5 Å². The first-order chi connectivity index (χ1) is 19.6. The first-order valence-electron chi connectivity index (χ1n) is 13.7. The third kappa shape index (κ3) is 5.25. The normalized spacial score (nSPS) is 13.2. The van der Waals surface area contributed by atoms with Crippen LogP contribution in [0, 0.1) is 0 Å². The summed E-state index contributed by atoms with van der Waals surface area (Å²) in [7, 11) is 0. The molecule has 0 aliphatic heterocycles. The Labute approximate surface area is 255 Å². The maximum absolute atomic E-state index is 13.9. The molecule has 6 nitrogen and oxygen atoms in total. The Morgan fingerprint density at radius 2 is 0.810 bits per heavy atom. The summed E-state index contributed by atoms with van der Waals surface area (Å²) in [5.74, 6) is -0.908. The number of carbonyl (C=O) groups is 2. The molecule has 0 aromatic heterocycles. The number of hydrogen-bond donors (Lipinski definition) is 4. The zero-order valence-electron chi connectivity index (χ0n) is 24.7. The summed E-state index contributed by atoms with van der Waals surface area (Å²) in [6.07, 6.45) is 0. The van der Waals surface area contributed by atoms with Gasteiger partial charge in [0, 0.05) is 31.0 Å². The van der Waals surface area contributed by atoms with E-state index in [2.05, 4.69) is 65.8 Å². The lowest BCUT2D eigenvalue weighted by molar-refractivity contribution is 0.0981. The molecule has 4 aromatic carbocycles. The summed E-state index contributed by atoms with van der Waals surface area (Å²) >= 11 is 2.78. The van der Waals surface area contributed by atoms with Crippen molar-refractivity contribution < 1.29 is 9.59 Å². The van der Waals surface area contributed by atoms with Crippen LogP contribution in [0.25, 0.3) is 0 Å². The molecule has 8 heteroatoms. The molecule has 0 amide bonds. The minimum Gasteiger partial charge on any atom is -0.398 e. The predicted octanol–water partition coefficient (Wildman–Crippen LogP) is 7.69. The van der Waals surface area contributed by atoms with Gasteiger partial charge in [-0.25, -0.2) is 0 Å². The van der Waals surface area contributed by atoms with E-state index in [-0.39, 0.29) is 55.8 Å². The Kier molecular flexibility index (Phi) is 7.36. The Morgan fingerprint density at radius 1 is 0.500 bits per heavy atom. The Morgan fingerprint density at radius 3 is 1.10 bits per heavy atom. The fraction of sp³-hybridized carbons (Fsp3) is 0.235. The van der Waals surface area contributed by atoms with Gasteiger partial charge < -0.3 is 22.9 Å². The molecule has 4 aromatic rings. The van der Waals surface area contributed by atoms with Crippen LogP contribution in [0.5, 0.6) is 0 Å². The second kappa shape index (κ2) is 10.4. The average molecular weight is 597 g/mol. The van der Waals surface area contributed by atoms with Gasteiger partial charge in [-0.1, -0.05) is 89.3 Å². The lowest BCUT2D eigenvalue weighted by Gasteiger charge is -2.25. The molecule has 0 saturated carbocycles. The van der Waals surface area contributed by atoms with Gasteiger partial charge >= 0.3 is 0 Å². The molecule has 0 saturated heterocycles. The van der Waals surface area contributed by atoms with Gasteiger partial charge in [-0.05, 0) is 58.4 Å². The highest BCUT2D eigenvalue weighted by Crippen LogP contribution is 2.47.